The highest BCUT2D eigenvalue weighted by Crippen LogP contribution is 2.32. The van der Waals surface area contributed by atoms with Gasteiger partial charge in [0.1, 0.15) is 28.7 Å². The van der Waals surface area contributed by atoms with Gasteiger partial charge >= 0.3 is 16.4 Å². The molecule has 12 nitrogen and oxygen atoms in total. The molecule has 4 atom stereocenters. The summed E-state index contributed by atoms with van der Waals surface area (Å²) in [6, 6.07) is 0. The maximum absolute atomic E-state index is 12.3. The van der Waals surface area contributed by atoms with Crippen molar-refractivity contribution in [3.8, 4) is 0 Å². The van der Waals surface area contributed by atoms with Gasteiger partial charge in [-0.3, -0.25) is 19.0 Å². The number of nitrogens with zero attached hydrogens (tertiary/aromatic N) is 1. The quantitative estimate of drug-likeness (QED) is 0.111. The molecule has 0 aromatic heterocycles. The summed E-state index contributed by atoms with van der Waals surface area (Å²) in [5.74, 6) is -1.75. The van der Waals surface area contributed by atoms with Crippen molar-refractivity contribution in [1.29, 1.82) is 0 Å². The van der Waals surface area contributed by atoms with Crippen LogP contribution < -0.4 is 0 Å². The third-order valence-electron chi connectivity index (χ3n) is 3.46. The van der Waals surface area contributed by atoms with E-state index in [4.69, 9.17) is 27.0 Å². The molecule has 160 valence electrons. The summed E-state index contributed by atoms with van der Waals surface area (Å²) in [4.78, 5) is 23.8. The van der Waals surface area contributed by atoms with Crippen LogP contribution in [0.1, 0.15) is 12.8 Å². The van der Waals surface area contributed by atoms with Crippen LogP contribution in [-0.4, -0.2) is 97.2 Å². The second-order valence-corrected chi connectivity index (χ2v) is 8.30. The SMILES string of the molecule is O=C(O)CCCN1C(=O)/C(=C\C(O)C(OS(=O)(=O)O)C(O)C(O)CO)SC1=S. The van der Waals surface area contributed by atoms with E-state index in [0.29, 0.717) is 0 Å². The Morgan fingerprint density at radius 1 is 1.32 bits per heavy atom. The van der Waals surface area contributed by atoms with Crippen LogP contribution in [0, 0.1) is 0 Å². The van der Waals surface area contributed by atoms with Crippen LogP contribution in [0.5, 0.6) is 0 Å². The number of thiocarbonyl (C=S) groups is 1. The number of hydrogen-bond acceptors (Lipinski definition) is 11. The van der Waals surface area contributed by atoms with Gasteiger partial charge in [0.2, 0.25) is 0 Å². The first-order valence-electron chi connectivity index (χ1n) is 7.65. The molecular weight excluding hydrogens is 442 g/mol. The molecule has 0 spiro atoms. The molecule has 0 aromatic rings. The highest BCUT2D eigenvalue weighted by Gasteiger charge is 2.38. The first kappa shape index (κ1) is 24.9. The third kappa shape index (κ3) is 7.34. The van der Waals surface area contributed by atoms with E-state index in [1.54, 1.807) is 0 Å². The van der Waals surface area contributed by atoms with Gasteiger partial charge in [0, 0.05) is 13.0 Å². The molecule has 0 saturated carbocycles. The topological polar surface area (TPSA) is 202 Å². The fraction of sp³-hybridized carbons (Fsp3) is 0.615. The van der Waals surface area contributed by atoms with Crippen LogP contribution in [-0.2, 0) is 24.2 Å². The summed E-state index contributed by atoms with van der Waals surface area (Å²) < 4.78 is 34.9. The van der Waals surface area contributed by atoms with E-state index in [1.807, 2.05) is 0 Å². The van der Waals surface area contributed by atoms with Gasteiger partial charge in [-0.05, 0) is 12.5 Å². The molecule has 1 saturated heterocycles. The van der Waals surface area contributed by atoms with Crippen molar-refractivity contribution in [2.45, 2.75) is 37.3 Å². The van der Waals surface area contributed by atoms with Gasteiger partial charge in [0.25, 0.3) is 5.91 Å². The molecule has 1 amide bonds. The van der Waals surface area contributed by atoms with Gasteiger partial charge < -0.3 is 25.5 Å². The Labute approximate surface area is 169 Å². The van der Waals surface area contributed by atoms with Crippen molar-refractivity contribution < 1.29 is 52.3 Å². The number of thioether (sulfide) groups is 1. The van der Waals surface area contributed by atoms with Gasteiger partial charge in [-0.15, -0.1) is 0 Å². The second-order valence-electron chi connectivity index (χ2n) is 5.57. The van der Waals surface area contributed by atoms with Gasteiger partial charge in [-0.2, -0.15) is 8.42 Å². The van der Waals surface area contributed by atoms with Crippen molar-refractivity contribution in [3.05, 3.63) is 11.0 Å². The number of rotatable bonds is 11. The predicted octanol–water partition coefficient (Wildman–Crippen LogP) is -2.14. The number of aliphatic hydroxyl groups is 4. The normalized spacial score (nSPS) is 21.0. The van der Waals surface area contributed by atoms with Gasteiger partial charge in [-0.25, -0.2) is 4.18 Å². The molecule has 4 unspecified atom stereocenters. The average molecular weight is 461 g/mol. The minimum atomic E-state index is -5.17. The molecule has 6 N–H and O–H groups in total. The van der Waals surface area contributed by atoms with Gasteiger partial charge in [0.05, 0.1) is 11.5 Å². The second kappa shape index (κ2) is 10.6. The number of amides is 1. The van der Waals surface area contributed by atoms with Crippen LogP contribution in [0.25, 0.3) is 0 Å². The molecule has 1 heterocycles. The van der Waals surface area contributed by atoms with Crippen molar-refractivity contribution in [1.82, 2.24) is 4.90 Å². The smallest absolute Gasteiger partial charge is 0.397 e. The Morgan fingerprint density at radius 3 is 2.43 bits per heavy atom. The van der Waals surface area contributed by atoms with Crippen molar-refractivity contribution in [2.75, 3.05) is 13.2 Å². The third-order valence-corrected chi connectivity index (χ3v) is 5.32. The molecule has 0 aromatic carbocycles. The number of aliphatic hydroxyl groups excluding tert-OH is 4. The van der Waals surface area contributed by atoms with E-state index < -0.39 is 53.3 Å². The molecule has 1 fully saturated rings. The zero-order chi connectivity index (χ0) is 21.6. The van der Waals surface area contributed by atoms with Crippen LogP contribution in [0.4, 0.5) is 0 Å². The Bertz CT molecular complexity index is 738. The van der Waals surface area contributed by atoms with Gasteiger partial charge in [-0.1, -0.05) is 24.0 Å². The molecule has 15 heteroatoms. The number of carbonyl (C=O) groups excluding carboxylic acids is 1. The lowest BCUT2D eigenvalue weighted by atomic mass is 10.0. The molecule has 1 aliphatic heterocycles. The predicted molar refractivity (Wildman–Crippen MR) is 98.4 cm³/mol. The standard InChI is InChI=1S/C13H19NO11S3/c15-5-7(17)10(20)11(25-28(22,23)24)6(16)4-8-12(21)14(13(26)27-8)3-1-2-9(18)19/h4,6-7,10-11,15-17,20H,1-3,5H2,(H,18,19)(H,22,23,24)/b8-4+. The number of carboxylic acid groups (broad SMARTS) is 1. The van der Waals surface area contributed by atoms with E-state index in [0.717, 1.165) is 22.7 Å². The molecule has 28 heavy (non-hydrogen) atoms. The monoisotopic (exact) mass is 461 g/mol. The van der Waals surface area contributed by atoms with Crippen molar-refractivity contribution in [3.63, 3.8) is 0 Å². The fourth-order valence-corrected chi connectivity index (χ4v) is 3.96. The van der Waals surface area contributed by atoms with Crippen LogP contribution >= 0.6 is 24.0 Å². The molecule has 0 aliphatic carbocycles. The van der Waals surface area contributed by atoms with E-state index >= 15 is 0 Å². The first-order valence-corrected chi connectivity index (χ1v) is 10.2. The van der Waals surface area contributed by atoms with Crippen molar-refractivity contribution in [2.24, 2.45) is 0 Å². The summed E-state index contributed by atoms with van der Waals surface area (Å²) in [5.41, 5.74) is 0. The van der Waals surface area contributed by atoms with Crippen LogP contribution in [0.15, 0.2) is 11.0 Å². The molecule has 0 bridgehead atoms. The first-order chi connectivity index (χ1) is 12.9. The summed E-state index contributed by atoms with van der Waals surface area (Å²) in [7, 11) is -5.17. The van der Waals surface area contributed by atoms with E-state index in [-0.39, 0.29) is 28.6 Å². The van der Waals surface area contributed by atoms with Crippen molar-refractivity contribution >= 4 is 50.6 Å². The lowest BCUT2D eigenvalue weighted by Gasteiger charge is -2.27. The highest BCUT2D eigenvalue weighted by atomic mass is 32.3. The number of aliphatic carboxylic acids is 1. The minimum Gasteiger partial charge on any atom is -0.481 e. The maximum atomic E-state index is 12.3. The van der Waals surface area contributed by atoms with Crippen LogP contribution in [0.2, 0.25) is 0 Å². The summed E-state index contributed by atoms with van der Waals surface area (Å²) in [6.07, 6.45) is -7.49. The molecule has 0 radical (unpaired) electrons. The average Bonchev–Trinajstić information content (AvgIpc) is 2.84. The number of carbonyl (C=O) groups is 2. The van der Waals surface area contributed by atoms with E-state index in [2.05, 4.69) is 4.18 Å². The Morgan fingerprint density at radius 2 is 1.93 bits per heavy atom. The summed E-state index contributed by atoms with van der Waals surface area (Å²) in [5, 5.41) is 46.9. The number of carboxylic acids is 1. The molecular formula is C13H19NO11S3. The highest BCUT2D eigenvalue weighted by molar-refractivity contribution is 8.26. The Kier molecular flexibility index (Phi) is 9.38. The van der Waals surface area contributed by atoms with Crippen LogP contribution in [0.3, 0.4) is 0 Å². The number of hydrogen-bond donors (Lipinski definition) is 6. The van der Waals surface area contributed by atoms with E-state index in [9.17, 15) is 33.3 Å². The zero-order valence-electron chi connectivity index (χ0n) is 14.1. The Balaban J connectivity index is 2.99. The van der Waals surface area contributed by atoms with E-state index in [1.165, 1.54) is 0 Å². The fourth-order valence-electron chi connectivity index (χ4n) is 2.13. The lowest BCUT2D eigenvalue weighted by Crippen LogP contribution is -2.47. The zero-order valence-corrected chi connectivity index (χ0v) is 16.6. The van der Waals surface area contributed by atoms with Gasteiger partial charge in [0.15, 0.2) is 0 Å². The lowest BCUT2D eigenvalue weighted by molar-refractivity contribution is -0.137. The Hall–Kier alpha value is -1.17. The minimum absolute atomic E-state index is 0.00119. The largest absolute Gasteiger partial charge is 0.481 e. The summed E-state index contributed by atoms with van der Waals surface area (Å²) in [6.45, 7) is -1.01. The molecule has 1 rings (SSSR count). The maximum Gasteiger partial charge on any atom is 0.397 e. The summed E-state index contributed by atoms with van der Waals surface area (Å²) >= 11 is 5.73. The molecule has 1 aliphatic rings.